The largest absolute Gasteiger partial charge is 0.342 e. The van der Waals surface area contributed by atoms with Crippen LogP contribution >= 0.6 is 0 Å². The lowest BCUT2D eigenvalue weighted by Gasteiger charge is -2.33. The maximum absolute atomic E-state index is 12.2. The quantitative estimate of drug-likeness (QED) is 0.819. The highest BCUT2D eigenvalue weighted by Gasteiger charge is 2.35. The lowest BCUT2D eigenvalue weighted by atomic mass is 9.90. The lowest BCUT2D eigenvalue weighted by molar-refractivity contribution is -0.134. The van der Waals surface area contributed by atoms with Crippen molar-refractivity contribution in [3.63, 3.8) is 0 Å². The van der Waals surface area contributed by atoms with Crippen LogP contribution in [0.3, 0.4) is 0 Å². The van der Waals surface area contributed by atoms with Gasteiger partial charge in [-0.2, -0.15) is 0 Å². The van der Waals surface area contributed by atoms with Crippen LogP contribution in [0.15, 0.2) is 24.3 Å². The van der Waals surface area contributed by atoms with E-state index in [9.17, 15) is 4.79 Å². The van der Waals surface area contributed by atoms with Gasteiger partial charge in [-0.05, 0) is 62.5 Å². The summed E-state index contributed by atoms with van der Waals surface area (Å²) in [5, 5.41) is 0. The van der Waals surface area contributed by atoms with E-state index in [1.54, 1.807) is 0 Å². The van der Waals surface area contributed by atoms with E-state index in [1.165, 1.54) is 30.4 Å². The van der Waals surface area contributed by atoms with Gasteiger partial charge in [0.05, 0.1) is 0 Å². The number of aryl methyl sites for hydroxylation is 2. The number of rotatable bonds is 4. The minimum Gasteiger partial charge on any atom is -0.342 e. The van der Waals surface area contributed by atoms with Crippen molar-refractivity contribution < 1.29 is 4.79 Å². The average molecular weight is 271 g/mol. The van der Waals surface area contributed by atoms with Gasteiger partial charge >= 0.3 is 0 Å². The molecule has 2 nitrogen and oxygen atoms in total. The maximum Gasteiger partial charge on any atom is 0.225 e. The summed E-state index contributed by atoms with van der Waals surface area (Å²) in [5.74, 6) is 1.52. The molecule has 0 bridgehead atoms. The zero-order valence-corrected chi connectivity index (χ0v) is 12.5. The minimum absolute atomic E-state index is 0.380. The summed E-state index contributed by atoms with van der Waals surface area (Å²) < 4.78 is 0. The van der Waals surface area contributed by atoms with Gasteiger partial charge < -0.3 is 4.90 Å². The number of piperidine rings is 1. The van der Waals surface area contributed by atoms with E-state index < -0.39 is 0 Å². The molecule has 108 valence electrons. The predicted octanol–water partition coefficient (Wildman–Crippen LogP) is 3.58. The molecule has 2 heteroatoms. The van der Waals surface area contributed by atoms with Gasteiger partial charge in [0.15, 0.2) is 0 Å². The molecule has 1 aromatic rings. The molecule has 1 heterocycles. The van der Waals surface area contributed by atoms with Crippen LogP contribution in [0.4, 0.5) is 0 Å². The number of nitrogens with zero attached hydrogens (tertiary/aromatic N) is 1. The van der Waals surface area contributed by atoms with E-state index in [0.717, 1.165) is 32.4 Å². The first-order valence-corrected chi connectivity index (χ1v) is 8.07. The number of hydrogen-bond donors (Lipinski definition) is 0. The van der Waals surface area contributed by atoms with Gasteiger partial charge in [0.25, 0.3) is 0 Å². The Morgan fingerprint density at radius 3 is 2.80 bits per heavy atom. The maximum atomic E-state index is 12.2. The van der Waals surface area contributed by atoms with Crippen molar-refractivity contribution in [1.29, 1.82) is 0 Å². The van der Waals surface area contributed by atoms with Crippen LogP contribution in [-0.2, 0) is 11.2 Å². The molecule has 0 aromatic heterocycles. The molecule has 0 spiro atoms. The van der Waals surface area contributed by atoms with Crippen LogP contribution in [0.2, 0.25) is 0 Å². The van der Waals surface area contributed by atoms with Crippen LogP contribution in [0.1, 0.15) is 43.2 Å². The Labute approximate surface area is 122 Å². The molecule has 1 saturated heterocycles. The molecule has 1 atom stereocenters. The van der Waals surface area contributed by atoms with Crippen LogP contribution in [0, 0.1) is 18.8 Å². The summed E-state index contributed by atoms with van der Waals surface area (Å²) in [6, 6.07) is 8.67. The fraction of sp³-hybridized carbons (Fsp3) is 0.611. The Bertz CT molecular complexity index is 478. The molecule has 1 aliphatic heterocycles. The van der Waals surface area contributed by atoms with E-state index in [-0.39, 0.29) is 0 Å². The molecule has 1 unspecified atom stereocenters. The van der Waals surface area contributed by atoms with Crippen molar-refractivity contribution in [2.24, 2.45) is 11.8 Å². The second-order valence-corrected chi connectivity index (χ2v) is 6.53. The van der Waals surface area contributed by atoms with E-state index >= 15 is 0 Å². The highest BCUT2D eigenvalue weighted by atomic mass is 16.2. The van der Waals surface area contributed by atoms with Crippen LogP contribution in [0.25, 0.3) is 0 Å². The molecule has 2 fully saturated rings. The summed E-state index contributed by atoms with van der Waals surface area (Å²) in [6.07, 6.45) is 7.12. The van der Waals surface area contributed by atoms with Crippen molar-refractivity contribution in [2.75, 3.05) is 13.1 Å². The Balaban J connectivity index is 1.52. The summed E-state index contributed by atoms with van der Waals surface area (Å²) in [7, 11) is 0. The number of carbonyl (C=O) groups excluding carboxylic acids is 1. The summed E-state index contributed by atoms with van der Waals surface area (Å²) in [4.78, 5) is 14.3. The molecular weight excluding hydrogens is 246 g/mol. The zero-order valence-electron chi connectivity index (χ0n) is 12.5. The number of amides is 1. The van der Waals surface area contributed by atoms with Gasteiger partial charge in [0.2, 0.25) is 5.91 Å². The standard InChI is InChI=1S/C18H25NO/c1-14-5-2-3-7-16(14)9-8-15-6-4-12-19(13-15)18(20)17-10-11-17/h2-3,5,7,15,17H,4,6,8-13H2,1H3. The Kier molecular flexibility index (Phi) is 4.09. The number of carbonyl (C=O) groups is 1. The van der Waals surface area contributed by atoms with Crippen LogP contribution < -0.4 is 0 Å². The highest BCUT2D eigenvalue weighted by molar-refractivity contribution is 5.81. The van der Waals surface area contributed by atoms with E-state index in [1.807, 2.05) is 0 Å². The molecule has 2 aliphatic rings. The Morgan fingerprint density at radius 2 is 2.05 bits per heavy atom. The third-order valence-electron chi connectivity index (χ3n) is 4.84. The molecule has 1 aliphatic carbocycles. The van der Waals surface area contributed by atoms with Gasteiger partial charge in [-0.25, -0.2) is 0 Å². The number of hydrogen-bond acceptors (Lipinski definition) is 1. The van der Waals surface area contributed by atoms with E-state index in [2.05, 4.69) is 36.1 Å². The number of likely N-dealkylation sites (tertiary alicyclic amines) is 1. The van der Waals surface area contributed by atoms with Gasteiger partial charge in [0, 0.05) is 19.0 Å². The van der Waals surface area contributed by atoms with Gasteiger partial charge in [0.1, 0.15) is 0 Å². The summed E-state index contributed by atoms with van der Waals surface area (Å²) >= 11 is 0. The molecule has 3 rings (SSSR count). The summed E-state index contributed by atoms with van der Waals surface area (Å²) in [5.41, 5.74) is 2.87. The number of benzene rings is 1. The topological polar surface area (TPSA) is 20.3 Å². The SMILES string of the molecule is Cc1ccccc1CCC1CCCN(C(=O)C2CC2)C1. The van der Waals surface area contributed by atoms with Crippen molar-refractivity contribution in [3.05, 3.63) is 35.4 Å². The fourth-order valence-corrected chi connectivity index (χ4v) is 3.34. The highest BCUT2D eigenvalue weighted by Crippen LogP contribution is 2.33. The zero-order chi connectivity index (χ0) is 13.9. The monoisotopic (exact) mass is 271 g/mol. The van der Waals surface area contributed by atoms with Crippen LogP contribution in [-0.4, -0.2) is 23.9 Å². The van der Waals surface area contributed by atoms with Crippen molar-refractivity contribution in [2.45, 2.75) is 45.4 Å². The van der Waals surface area contributed by atoms with Crippen molar-refractivity contribution in [1.82, 2.24) is 4.90 Å². The first kappa shape index (κ1) is 13.7. The first-order chi connectivity index (χ1) is 9.74. The Hall–Kier alpha value is -1.31. The van der Waals surface area contributed by atoms with Crippen molar-refractivity contribution in [3.8, 4) is 0 Å². The average Bonchev–Trinajstić information content (AvgIpc) is 3.31. The molecule has 0 radical (unpaired) electrons. The fourth-order valence-electron chi connectivity index (χ4n) is 3.34. The van der Waals surface area contributed by atoms with Gasteiger partial charge in [-0.1, -0.05) is 24.3 Å². The molecule has 1 amide bonds. The minimum atomic E-state index is 0.380. The normalized spacial score (nSPS) is 22.9. The lowest BCUT2D eigenvalue weighted by Crippen LogP contribution is -2.40. The molecule has 0 N–H and O–H groups in total. The second-order valence-electron chi connectivity index (χ2n) is 6.53. The predicted molar refractivity (Wildman–Crippen MR) is 81.5 cm³/mol. The van der Waals surface area contributed by atoms with Crippen molar-refractivity contribution >= 4 is 5.91 Å². The molecule has 1 saturated carbocycles. The molecule has 20 heavy (non-hydrogen) atoms. The molecule has 1 aromatic carbocycles. The molecular formula is C18H25NO. The van der Waals surface area contributed by atoms with E-state index in [0.29, 0.717) is 17.7 Å². The van der Waals surface area contributed by atoms with Gasteiger partial charge in [-0.15, -0.1) is 0 Å². The second kappa shape index (κ2) is 5.99. The third-order valence-corrected chi connectivity index (χ3v) is 4.84. The smallest absolute Gasteiger partial charge is 0.225 e. The van der Waals surface area contributed by atoms with Gasteiger partial charge in [-0.3, -0.25) is 4.79 Å². The third kappa shape index (κ3) is 3.23. The van der Waals surface area contributed by atoms with Crippen LogP contribution in [0.5, 0.6) is 0 Å². The Morgan fingerprint density at radius 1 is 1.25 bits per heavy atom. The first-order valence-electron chi connectivity index (χ1n) is 8.07. The summed E-state index contributed by atoms with van der Waals surface area (Å²) in [6.45, 7) is 4.19. The van der Waals surface area contributed by atoms with E-state index in [4.69, 9.17) is 0 Å².